The molecule has 0 spiro atoms. The standard InChI is InChI=1S/C16H18N2O2/c1-11-4-5-12(10-15(11)19)16(20)17-13-6-8-14(9-7-13)18(2)3/h4-10,19H,1-3H3,(H,17,20). The first-order chi connectivity index (χ1) is 9.47. The molecule has 0 heterocycles. The Morgan fingerprint density at radius 3 is 2.30 bits per heavy atom. The number of nitrogens with zero attached hydrogens (tertiary/aromatic N) is 1. The Labute approximate surface area is 118 Å². The zero-order valence-corrected chi connectivity index (χ0v) is 11.8. The average molecular weight is 270 g/mol. The number of aryl methyl sites for hydroxylation is 1. The molecule has 0 aliphatic rings. The maximum atomic E-state index is 12.1. The third kappa shape index (κ3) is 3.09. The van der Waals surface area contributed by atoms with Crippen LogP contribution in [0.2, 0.25) is 0 Å². The Bertz CT molecular complexity index is 619. The second-order valence-corrected chi connectivity index (χ2v) is 4.90. The molecule has 0 atom stereocenters. The van der Waals surface area contributed by atoms with E-state index in [9.17, 15) is 9.90 Å². The lowest BCUT2D eigenvalue weighted by Gasteiger charge is -2.13. The second kappa shape index (κ2) is 5.65. The summed E-state index contributed by atoms with van der Waals surface area (Å²) in [7, 11) is 3.92. The van der Waals surface area contributed by atoms with Gasteiger partial charge in [-0.3, -0.25) is 4.79 Å². The number of nitrogens with one attached hydrogen (secondary N) is 1. The van der Waals surface area contributed by atoms with Gasteiger partial charge in [0.2, 0.25) is 0 Å². The molecule has 0 radical (unpaired) electrons. The molecule has 4 heteroatoms. The van der Waals surface area contributed by atoms with Crippen molar-refractivity contribution in [3.63, 3.8) is 0 Å². The molecule has 2 N–H and O–H groups in total. The summed E-state index contributed by atoms with van der Waals surface area (Å²) in [6.45, 7) is 1.79. The van der Waals surface area contributed by atoms with Gasteiger partial charge in [-0.25, -0.2) is 0 Å². The van der Waals surface area contributed by atoms with Gasteiger partial charge in [0.1, 0.15) is 5.75 Å². The van der Waals surface area contributed by atoms with Gasteiger partial charge in [-0.2, -0.15) is 0 Å². The molecular weight excluding hydrogens is 252 g/mol. The van der Waals surface area contributed by atoms with Crippen LogP contribution >= 0.6 is 0 Å². The minimum Gasteiger partial charge on any atom is -0.508 e. The number of amides is 1. The quantitative estimate of drug-likeness (QED) is 0.901. The number of anilines is 2. The van der Waals surface area contributed by atoms with Crippen LogP contribution in [0, 0.1) is 6.92 Å². The van der Waals surface area contributed by atoms with Gasteiger partial charge in [0.05, 0.1) is 0 Å². The maximum absolute atomic E-state index is 12.1. The molecule has 0 aliphatic heterocycles. The highest BCUT2D eigenvalue weighted by molar-refractivity contribution is 6.04. The zero-order valence-electron chi connectivity index (χ0n) is 11.8. The molecule has 0 fully saturated rings. The van der Waals surface area contributed by atoms with Crippen LogP contribution in [0.5, 0.6) is 5.75 Å². The van der Waals surface area contributed by atoms with E-state index in [1.165, 1.54) is 6.07 Å². The van der Waals surface area contributed by atoms with Crippen molar-refractivity contribution < 1.29 is 9.90 Å². The van der Waals surface area contributed by atoms with Crippen LogP contribution in [-0.2, 0) is 0 Å². The largest absolute Gasteiger partial charge is 0.508 e. The van der Waals surface area contributed by atoms with Crippen LogP contribution in [0.3, 0.4) is 0 Å². The van der Waals surface area contributed by atoms with Crippen molar-refractivity contribution >= 4 is 17.3 Å². The van der Waals surface area contributed by atoms with E-state index in [1.807, 2.05) is 43.3 Å². The highest BCUT2D eigenvalue weighted by Gasteiger charge is 2.08. The van der Waals surface area contributed by atoms with E-state index in [0.29, 0.717) is 5.56 Å². The van der Waals surface area contributed by atoms with Crippen molar-refractivity contribution in [2.75, 3.05) is 24.3 Å². The molecule has 0 aliphatic carbocycles. The molecule has 1 amide bonds. The highest BCUT2D eigenvalue weighted by atomic mass is 16.3. The number of aromatic hydroxyl groups is 1. The Balaban J connectivity index is 2.12. The first kappa shape index (κ1) is 13.9. The number of phenolic OH excluding ortho intramolecular Hbond substituents is 1. The molecule has 0 bridgehead atoms. The molecule has 0 aromatic heterocycles. The molecule has 4 nitrogen and oxygen atoms in total. The third-order valence-electron chi connectivity index (χ3n) is 3.11. The fourth-order valence-corrected chi connectivity index (χ4v) is 1.80. The number of carbonyl (C=O) groups is 1. The van der Waals surface area contributed by atoms with Crippen LogP contribution in [0.25, 0.3) is 0 Å². The predicted octanol–water partition coefficient (Wildman–Crippen LogP) is 3.02. The van der Waals surface area contributed by atoms with Gasteiger partial charge >= 0.3 is 0 Å². The smallest absolute Gasteiger partial charge is 0.255 e. The molecular formula is C16H18N2O2. The number of rotatable bonds is 3. The molecule has 0 unspecified atom stereocenters. The van der Waals surface area contributed by atoms with Crippen LogP contribution in [-0.4, -0.2) is 25.1 Å². The lowest BCUT2D eigenvalue weighted by molar-refractivity contribution is 0.102. The fourth-order valence-electron chi connectivity index (χ4n) is 1.80. The summed E-state index contributed by atoms with van der Waals surface area (Å²) >= 11 is 0. The molecule has 0 saturated carbocycles. The maximum Gasteiger partial charge on any atom is 0.255 e. The van der Waals surface area contributed by atoms with E-state index in [1.54, 1.807) is 19.1 Å². The molecule has 104 valence electrons. The van der Waals surface area contributed by atoms with E-state index in [-0.39, 0.29) is 11.7 Å². The number of carbonyl (C=O) groups excluding carboxylic acids is 1. The molecule has 2 rings (SSSR count). The van der Waals surface area contributed by atoms with Gasteiger partial charge in [-0.15, -0.1) is 0 Å². The van der Waals surface area contributed by atoms with Crippen molar-refractivity contribution in [3.05, 3.63) is 53.6 Å². The molecule has 2 aromatic rings. The first-order valence-corrected chi connectivity index (χ1v) is 6.36. The number of benzene rings is 2. The van der Waals surface area contributed by atoms with Crippen LogP contribution in [0.4, 0.5) is 11.4 Å². The number of phenols is 1. The van der Waals surface area contributed by atoms with E-state index in [4.69, 9.17) is 0 Å². The summed E-state index contributed by atoms with van der Waals surface area (Å²) in [4.78, 5) is 14.1. The van der Waals surface area contributed by atoms with Gasteiger partial charge in [0.25, 0.3) is 5.91 Å². The Kier molecular flexibility index (Phi) is 3.94. The SMILES string of the molecule is Cc1ccc(C(=O)Nc2ccc(N(C)C)cc2)cc1O. The monoisotopic (exact) mass is 270 g/mol. The summed E-state index contributed by atoms with van der Waals surface area (Å²) in [5, 5.41) is 12.4. The summed E-state index contributed by atoms with van der Waals surface area (Å²) in [6.07, 6.45) is 0. The summed E-state index contributed by atoms with van der Waals surface area (Å²) in [5.41, 5.74) is 2.97. The number of hydrogen-bond donors (Lipinski definition) is 2. The first-order valence-electron chi connectivity index (χ1n) is 6.36. The summed E-state index contributed by atoms with van der Waals surface area (Å²) < 4.78 is 0. The fraction of sp³-hybridized carbons (Fsp3) is 0.188. The van der Waals surface area contributed by atoms with Crippen molar-refractivity contribution in [1.82, 2.24) is 0 Å². The van der Waals surface area contributed by atoms with E-state index in [2.05, 4.69) is 5.32 Å². The van der Waals surface area contributed by atoms with E-state index in [0.717, 1.165) is 16.9 Å². The molecule has 2 aromatic carbocycles. The number of hydrogen-bond acceptors (Lipinski definition) is 3. The third-order valence-corrected chi connectivity index (χ3v) is 3.11. The van der Waals surface area contributed by atoms with Gasteiger partial charge in [0, 0.05) is 31.0 Å². The van der Waals surface area contributed by atoms with Crippen molar-refractivity contribution in [2.24, 2.45) is 0 Å². The van der Waals surface area contributed by atoms with Gasteiger partial charge in [-0.05, 0) is 48.9 Å². The minimum atomic E-state index is -0.238. The zero-order chi connectivity index (χ0) is 14.7. The predicted molar refractivity (Wildman–Crippen MR) is 81.6 cm³/mol. The van der Waals surface area contributed by atoms with Crippen LogP contribution in [0.15, 0.2) is 42.5 Å². The Morgan fingerprint density at radius 1 is 1.10 bits per heavy atom. The molecule has 0 saturated heterocycles. The van der Waals surface area contributed by atoms with Gasteiger partial charge in [-0.1, -0.05) is 6.07 Å². The second-order valence-electron chi connectivity index (χ2n) is 4.90. The van der Waals surface area contributed by atoms with E-state index < -0.39 is 0 Å². The van der Waals surface area contributed by atoms with E-state index >= 15 is 0 Å². The Hall–Kier alpha value is -2.49. The van der Waals surface area contributed by atoms with Gasteiger partial charge < -0.3 is 15.3 Å². The topological polar surface area (TPSA) is 52.6 Å². The highest BCUT2D eigenvalue weighted by Crippen LogP contribution is 2.20. The van der Waals surface area contributed by atoms with Crippen molar-refractivity contribution in [1.29, 1.82) is 0 Å². The summed E-state index contributed by atoms with van der Waals surface area (Å²) in [5.74, 6) is -0.112. The van der Waals surface area contributed by atoms with Crippen molar-refractivity contribution in [3.8, 4) is 5.75 Å². The Morgan fingerprint density at radius 2 is 1.75 bits per heavy atom. The summed E-state index contributed by atoms with van der Waals surface area (Å²) in [6, 6.07) is 12.4. The average Bonchev–Trinajstić information content (AvgIpc) is 2.42. The lowest BCUT2D eigenvalue weighted by atomic mass is 10.1. The minimum absolute atomic E-state index is 0.126. The van der Waals surface area contributed by atoms with Crippen molar-refractivity contribution in [2.45, 2.75) is 6.92 Å². The lowest BCUT2D eigenvalue weighted by Crippen LogP contribution is -2.12. The molecule has 20 heavy (non-hydrogen) atoms. The van der Waals surface area contributed by atoms with Crippen LogP contribution in [0.1, 0.15) is 15.9 Å². The normalized spacial score (nSPS) is 10.2. The van der Waals surface area contributed by atoms with Crippen LogP contribution < -0.4 is 10.2 Å². The van der Waals surface area contributed by atoms with Gasteiger partial charge in [0.15, 0.2) is 0 Å².